The molecule has 0 aromatic heterocycles. The van der Waals surface area contributed by atoms with Crippen LogP contribution in [0.1, 0.15) is 46.8 Å². The zero-order valence-electron chi connectivity index (χ0n) is 17.5. The number of halogens is 1. The van der Waals surface area contributed by atoms with Crippen molar-refractivity contribution in [2.75, 3.05) is 16.8 Å². The highest BCUT2D eigenvalue weighted by Crippen LogP contribution is 2.50. The molecule has 3 aromatic carbocycles. The van der Waals surface area contributed by atoms with Gasteiger partial charge in [0, 0.05) is 34.4 Å². The van der Waals surface area contributed by atoms with Crippen LogP contribution in [0.5, 0.6) is 0 Å². The molecular formula is C27H25ClN2O. The molecule has 1 amide bonds. The van der Waals surface area contributed by atoms with E-state index >= 15 is 0 Å². The van der Waals surface area contributed by atoms with Crippen molar-refractivity contribution in [3.8, 4) is 0 Å². The molecular weight excluding hydrogens is 404 g/mol. The summed E-state index contributed by atoms with van der Waals surface area (Å²) in [6.07, 6.45) is 5.54. The lowest BCUT2D eigenvalue weighted by Crippen LogP contribution is -2.32. The Morgan fingerprint density at radius 2 is 1.81 bits per heavy atom. The molecule has 0 radical (unpaired) electrons. The summed E-state index contributed by atoms with van der Waals surface area (Å²) in [7, 11) is 0. The Morgan fingerprint density at radius 3 is 2.58 bits per heavy atom. The zero-order chi connectivity index (χ0) is 21.4. The van der Waals surface area contributed by atoms with Gasteiger partial charge >= 0.3 is 0 Å². The van der Waals surface area contributed by atoms with Gasteiger partial charge in [-0.15, -0.1) is 0 Å². The van der Waals surface area contributed by atoms with Crippen molar-refractivity contribution >= 4 is 28.9 Å². The molecule has 0 spiro atoms. The summed E-state index contributed by atoms with van der Waals surface area (Å²) in [6.45, 7) is 2.63. The third-order valence-corrected chi connectivity index (χ3v) is 6.82. The number of carbonyl (C=O) groups is 1. The third-order valence-electron chi connectivity index (χ3n) is 6.48. The summed E-state index contributed by atoms with van der Waals surface area (Å²) < 4.78 is 0. The lowest BCUT2D eigenvalue weighted by Gasteiger charge is -2.38. The highest BCUT2D eigenvalue weighted by Gasteiger charge is 2.39. The number of fused-ring (bicyclic) bond motifs is 3. The molecule has 3 nitrogen and oxygen atoms in total. The van der Waals surface area contributed by atoms with E-state index in [1.54, 1.807) is 0 Å². The summed E-state index contributed by atoms with van der Waals surface area (Å²) in [5.41, 5.74) is 5.05. The normalized spacial score (nSPS) is 21.2. The van der Waals surface area contributed by atoms with Crippen LogP contribution in [0.4, 0.5) is 11.4 Å². The molecule has 0 saturated carbocycles. The van der Waals surface area contributed by atoms with E-state index in [2.05, 4.69) is 29.6 Å². The van der Waals surface area contributed by atoms with Crippen molar-refractivity contribution in [3.63, 3.8) is 0 Å². The summed E-state index contributed by atoms with van der Waals surface area (Å²) in [4.78, 5) is 15.2. The summed E-state index contributed by atoms with van der Waals surface area (Å²) >= 11 is 6.54. The first-order chi connectivity index (χ1) is 15.2. The van der Waals surface area contributed by atoms with Gasteiger partial charge in [-0.25, -0.2) is 0 Å². The average molecular weight is 429 g/mol. The maximum Gasteiger partial charge on any atom is 0.258 e. The summed E-state index contributed by atoms with van der Waals surface area (Å²) in [5, 5.41) is 4.51. The van der Waals surface area contributed by atoms with Crippen molar-refractivity contribution in [3.05, 3.63) is 107 Å². The molecule has 3 unspecified atom stereocenters. The van der Waals surface area contributed by atoms with Gasteiger partial charge in [0.1, 0.15) is 0 Å². The van der Waals surface area contributed by atoms with Crippen molar-refractivity contribution < 1.29 is 4.79 Å². The Labute approximate surface area is 188 Å². The first-order valence-corrected chi connectivity index (χ1v) is 11.2. The molecule has 4 heteroatoms. The topological polar surface area (TPSA) is 32.3 Å². The van der Waals surface area contributed by atoms with Crippen molar-refractivity contribution in [1.29, 1.82) is 0 Å². The van der Waals surface area contributed by atoms with E-state index in [0.29, 0.717) is 12.5 Å². The smallest absolute Gasteiger partial charge is 0.258 e. The van der Waals surface area contributed by atoms with Gasteiger partial charge < -0.3 is 10.2 Å². The Kier molecular flexibility index (Phi) is 5.29. The highest BCUT2D eigenvalue weighted by molar-refractivity contribution is 6.31. The predicted molar refractivity (Wildman–Crippen MR) is 128 cm³/mol. The zero-order valence-corrected chi connectivity index (χ0v) is 18.2. The Bertz CT molecular complexity index is 1140. The average Bonchev–Trinajstić information content (AvgIpc) is 3.30. The Hall–Kier alpha value is -3.04. The Balaban J connectivity index is 1.50. The van der Waals surface area contributed by atoms with E-state index < -0.39 is 0 Å². The van der Waals surface area contributed by atoms with Gasteiger partial charge in [-0.05, 0) is 66.8 Å². The van der Waals surface area contributed by atoms with Crippen LogP contribution in [-0.4, -0.2) is 12.5 Å². The number of para-hydroxylation sites is 1. The molecule has 2 aliphatic rings. The van der Waals surface area contributed by atoms with E-state index in [1.165, 1.54) is 5.56 Å². The molecule has 156 valence electrons. The van der Waals surface area contributed by atoms with Crippen LogP contribution < -0.4 is 10.2 Å². The van der Waals surface area contributed by atoms with Crippen LogP contribution in [0.3, 0.4) is 0 Å². The maximum atomic E-state index is 13.4. The fraction of sp³-hybridized carbons (Fsp3) is 0.222. The van der Waals surface area contributed by atoms with Gasteiger partial charge in [0.05, 0.1) is 6.04 Å². The molecule has 3 atom stereocenters. The van der Waals surface area contributed by atoms with Crippen molar-refractivity contribution in [2.24, 2.45) is 5.92 Å². The minimum absolute atomic E-state index is 0.0308. The minimum atomic E-state index is 0.0308. The number of carbonyl (C=O) groups excluding carboxylic acids is 1. The number of nitrogens with one attached hydrogen (secondary N) is 1. The summed E-state index contributed by atoms with van der Waals surface area (Å²) in [5.74, 6) is 0.689. The quantitative estimate of drug-likeness (QED) is 0.461. The molecule has 1 aliphatic heterocycles. The predicted octanol–water partition coefficient (Wildman–Crippen LogP) is 6.83. The number of allylic oxidation sites excluding steroid dienone is 2. The minimum Gasteiger partial charge on any atom is -0.378 e. The van der Waals surface area contributed by atoms with Crippen molar-refractivity contribution in [1.82, 2.24) is 0 Å². The second-order valence-corrected chi connectivity index (χ2v) is 8.59. The lowest BCUT2D eigenvalue weighted by atomic mass is 9.76. The summed E-state index contributed by atoms with van der Waals surface area (Å²) in [6, 6.07) is 24.1. The third kappa shape index (κ3) is 3.53. The van der Waals surface area contributed by atoms with Gasteiger partial charge in [0.2, 0.25) is 0 Å². The lowest BCUT2D eigenvalue weighted by molar-refractivity contribution is 0.0988. The number of amides is 1. The molecule has 31 heavy (non-hydrogen) atoms. The molecule has 0 fully saturated rings. The number of nitrogens with zero attached hydrogens (tertiary/aromatic N) is 1. The second-order valence-electron chi connectivity index (χ2n) is 8.18. The van der Waals surface area contributed by atoms with Crippen molar-refractivity contribution in [2.45, 2.75) is 25.3 Å². The van der Waals surface area contributed by atoms with Crippen LogP contribution in [-0.2, 0) is 0 Å². The van der Waals surface area contributed by atoms with E-state index in [-0.39, 0.29) is 17.9 Å². The fourth-order valence-electron chi connectivity index (χ4n) is 4.97. The van der Waals surface area contributed by atoms with Crippen LogP contribution in [0.15, 0.2) is 84.9 Å². The van der Waals surface area contributed by atoms with Crippen LogP contribution in [0, 0.1) is 5.92 Å². The molecule has 1 aliphatic carbocycles. The van der Waals surface area contributed by atoms with E-state index in [0.717, 1.165) is 33.9 Å². The van der Waals surface area contributed by atoms with E-state index in [4.69, 9.17) is 11.6 Å². The molecule has 3 aromatic rings. The Morgan fingerprint density at radius 1 is 1.03 bits per heavy atom. The number of hydrogen-bond donors (Lipinski definition) is 1. The standard InChI is InChI=1S/C27H25ClN2O/c1-2-30(19-9-4-3-5-10-19)27(31)18-15-16-25-23(17-18)20-12-8-13-21(20)26(29-25)22-11-6-7-14-24(22)28/h3-12,14-17,20-21,26,29H,2,13H2,1H3. The monoisotopic (exact) mass is 428 g/mol. The van der Waals surface area contributed by atoms with Crippen LogP contribution in [0.2, 0.25) is 5.02 Å². The van der Waals surface area contributed by atoms with Gasteiger partial charge in [-0.3, -0.25) is 4.79 Å². The molecule has 1 N–H and O–H groups in total. The number of hydrogen-bond acceptors (Lipinski definition) is 2. The van der Waals surface area contributed by atoms with Crippen LogP contribution in [0.25, 0.3) is 0 Å². The molecule has 0 saturated heterocycles. The molecule has 5 rings (SSSR count). The van der Waals surface area contributed by atoms with Crippen LogP contribution >= 0.6 is 11.6 Å². The van der Waals surface area contributed by atoms with Gasteiger partial charge in [0.15, 0.2) is 0 Å². The van der Waals surface area contributed by atoms with Gasteiger partial charge in [0.25, 0.3) is 5.91 Å². The van der Waals surface area contributed by atoms with E-state index in [9.17, 15) is 4.79 Å². The fourth-order valence-corrected chi connectivity index (χ4v) is 5.22. The van der Waals surface area contributed by atoms with E-state index in [1.807, 2.05) is 72.5 Å². The maximum absolute atomic E-state index is 13.4. The number of anilines is 2. The number of benzene rings is 3. The molecule has 1 heterocycles. The first kappa shape index (κ1) is 19.9. The first-order valence-electron chi connectivity index (χ1n) is 10.9. The largest absolute Gasteiger partial charge is 0.378 e. The van der Waals surface area contributed by atoms with Gasteiger partial charge in [-0.1, -0.05) is 60.2 Å². The number of rotatable bonds is 4. The SMILES string of the molecule is CCN(C(=O)c1ccc2c(c1)C1C=CCC1C(c1ccccc1Cl)N2)c1ccccc1. The second kappa shape index (κ2) is 8.24. The molecule has 0 bridgehead atoms. The van der Waals surface area contributed by atoms with Gasteiger partial charge in [-0.2, -0.15) is 0 Å². The highest BCUT2D eigenvalue weighted by atomic mass is 35.5.